The average Bonchev–Trinajstić information content (AvgIpc) is 2.92. The number of aliphatic hydroxyl groups is 1. The predicted molar refractivity (Wildman–Crippen MR) is 72.4 cm³/mol. The lowest BCUT2D eigenvalue weighted by Gasteiger charge is -2.23. The van der Waals surface area contributed by atoms with Gasteiger partial charge in [-0.25, -0.2) is 4.79 Å². The summed E-state index contributed by atoms with van der Waals surface area (Å²) < 4.78 is 23.9. The summed E-state index contributed by atoms with van der Waals surface area (Å²) in [5, 5.41) is 12.4. The standard InChI is InChI=1S/C13H22FN3O4/c1-13(2,3)21-12(19)15-9-4-5-16(6-9)11-10(7-18)20-8-17(11)14/h9,18H,4-8H2,1-3H3,(H,15,19)/t9-/m0/s1. The molecule has 0 spiro atoms. The van der Waals surface area contributed by atoms with Gasteiger partial charge in [0.15, 0.2) is 18.3 Å². The molecule has 0 aromatic carbocycles. The number of carbonyl (C=O) groups is 1. The van der Waals surface area contributed by atoms with Gasteiger partial charge in [-0.05, 0) is 27.2 Å². The fraction of sp³-hybridized carbons (Fsp3) is 0.769. The Kier molecular flexibility index (Phi) is 4.46. The Hall–Kier alpha value is -1.70. The summed E-state index contributed by atoms with van der Waals surface area (Å²) in [7, 11) is 0. The van der Waals surface area contributed by atoms with Crippen LogP contribution in [0.4, 0.5) is 9.28 Å². The molecule has 2 N–H and O–H groups in total. The molecular formula is C13H22FN3O4. The molecule has 0 bridgehead atoms. The van der Waals surface area contributed by atoms with Gasteiger partial charge in [0.05, 0.1) is 6.04 Å². The topological polar surface area (TPSA) is 74.3 Å². The fourth-order valence-corrected chi connectivity index (χ4v) is 2.39. The van der Waals surface area contributed by atoms with Crippen molar-refractivity contribution in [3.05, 3.63) is 11.6 Å². The molecule has 2 rings (SSSR count). The van der Waals surface area contributed by atoms with E-state index in [1.54, 1.807) is 25.7 Å². The number of rotatable bonds is 3. The average molecular weight is 303 g/mol. The number of nitrogens with zero attached hydrogens (tertiary/aromatic N) is 2. The molecule has 7 nitrogen and oxygen atoms in total. The van der Waals surface area contributed by atoms with Crippen LogP contribution in [0.2, 0.25) is 0 Å². The number of ether oxygens (including phenoxy) is 2. The van der Waals surface area contributed by atoms with Crippen LogP contribution in [0.25, 0.3) is 0 Å². The molecular weight excluding hydrogens is 281 g/mol. The van der Waals surface area contributed by atoms with Gasteiger partial charge in [0.25, 0.3) is 0 Å². The van der Waals surface area contributed by atoms with Crippen LogP contribution in [0.5, 0.6) is 0 Å². The summed E-state index contributed by atoms with van der Waals surface area (Å²) in [6.07, 6.45) is 0.195. The Morgan fingerprint density at radius 1 is 1.57 bits per heavy atom. The molecule has 1 amide bonds. The number of hydrogen-bond donors (Lipinski definition) is 2. The van der Waals surface area contributed by atoms with Crippen LogP contribution in [0.1, 0.15) is 27.2 Å². The molecule has 0 unspecified atom stereocenters. The second-order valence-corrected chi connectivity index (χ2v) is 6.12. The van der Waals surface area contributed by atoms with Crippen LogP contribution in [-0.4, -0.2) is 59.3 Å². The second-order valence-electron chi connectivity index (χ2n) is 6.12. The molecule has 0 aromatic heterocycles. The number of hydrogen-bond acceptors (Lipinski definition) is 6. The summed E-state index contributed by atoms with van der Waals surface area (Å²) in [4.78, 5) is 13.5. The number of aliphatic hydroxyl groups excluding tert-OH is 1. The van der Waals surface area contributed by atoms with Gasteiger partial charge < -0.3 is 24.8 Å². The SMILES string of the molecule is CC(C)(C)OC(=O)N[C@H]1CCN(C2=C(CO)OCN2F)C1. The third kappa shape index (κ3) is 3.90. The molecule has 2 aliphatic rings. The van der Waals surface area contributed by atoms with Crippen LogP contribution in [0, 0.1) is 0 Å². The van der Waals surface area contributed by atoms with Crippen molar-refractivity contribution < 1.29 is 23.9 Å². The van der Waals surface area contributed by atoms with E-state index in [0.717, 1.165) is 0 Å². The first-order chi connectivity index (χ1) is 9.80. The fourth-order valence-electron chi connectivity index (χ4n) is 2.39. The Morgan fingerprint density at radius 2 is 2.29 bits per heavy atom. The van der Waals surface area contributed by atoms with E-state index in [0.29, 0.717) is 24.6 Å². The third-order valence-corrected chi connectivity index (χ3v) is 3.18. The van der Waals surface area contributed by atoms with Crippen LogP contribution in [0.15, 0.2) is 11.6 Å². The lowest BCUT2D eigenvalue weighted by Crippen LogP contribution is -2.41. The lowest BCUT2D eigenvalue weighted by molar-refractivity contribution is -0.0135. The molecule has 120 valence electrons. The Balaban J connectivity index is 1.91. The van der Waals surface area contributed by atoms with E-state index >= 15 is 0 Å². The number of halogens is 1. The molecule has 1 fully saturated rings. The van der Waals surface area contributed by atoms with Gasteiger partial charge in [0.1, 0.15) is 12.2 Å². The highest BCUT2D eigenvalue weighted by Crippen LogP contribution is 2.27. The normalized spacial score (nSPS) is 22.6. The molecule has 21 heavy (non-hydrogen) atoms. The minimum Gasteiger partial charge on any atom is -0.469 e. The summed E-state index contributed by atoms with van der Waals surface area (Å²) >= 11 is 0. The van der Waals surface area contributed by atoms with Gasteiger partial charge >= 0.3 is 6.09 Å². The van der Waals surface area contributed by atoms with E-state index in [9.17, 15) is 9.28 Å². The van der Waals surface area contributed by atoms with Crippen molar-refractivity contribution in [2.75, 3.05) is 26.4 Å². The van der Waals surface area contributed by atoms with Crippen molar-refractivity contribution in [2.24, 2.45) is 0 Å². The van der Waals surface area contributed by atoms with Crippen LogP contribution < -0.4 is 5.32 Å². The number of amides is 1. The van der Waals surface area contributed by atoms with E-state index in [4.69, 9.17) is 14.6 Å². The maximum absolute atomic E-state index is 13.7. The Labute approximate surface area is 123 Å². The summed E-state index contributed by atoms with van der Waals surface area (Å²) in [6.45, 7) is 5.83. The molecule has 2 heterocycles. The Morgan fingerprint density at radius 3 is 2.90 bits per heavy atom. The summed E-state index contributed by atoms with van der Waals surface area (Å²) in [6, 6.07) is -0.124. The molecule has 0 saturated carbocycles. The highest BCUT2D eigenvalue weighted by atomic mass is 19.2. The first-order valence-electron chi connectivity index (χ1n) is 6.95. The van der Waals surface area contributed by atoms with Crippen LogP contribution in [-0.2, 0) is 9.47 Å². The summed E-state index contributed by atoms with van der Waals surface area (Å²) in [5.74, 6) is 0.460. The van der Waals surface area contributed by atoms with E-state index in [1.165, 1.54) is 0 Å². The highest BCUT2D eigenvalue weighted by molar-refractivity contribution is 5.68. The van der Waals surface area contributed by atoms with Crippen LogP contribution in [0.3, 0.4) is 0 Å². The van der Waals surface area contributed by atoms with Gasteiger partial charge in [-0.1, -0.05) is 4.48 Å². The van der Waals surface area contributed by atoms with E-state index in [-0.39, 0.29) is 31.0 Å². The maximum Gasteiger partial charge on any atom is 0.407 e. The number of carbonyl (C=O) groups excluding carboxylic acids is 1. The smallest absolute Gasteiger partial charge is 0.407 e. The number of nitrogens with one attached hydrogen (secondary N) is 1. The monoisotopic (exact) mass is 303 g/mol. The predicted octanol–water partition coefficient (Wildman–Crippen LogP) is 0.921. The van der Waals surface area contributed by atoms with Crippen molar-refractivity contribution in [2.45, 2.75) is 38.8 Å². The zero-order valence-electron chi connectivity index (χ0n) is 12.6. The van der Waals surface area contributed by atoms with Gasteiger partial charge in [0, 0.05) is 13.1 Å². The number of likely N-dealkylation sites (tertiary alicyclic amines) is 1. The van der Waals surface area contributed by atoms with Gasteiger partial charge in [-0.3, -0.25) is 0 Å². The van der Waals surface area contributed by atoms with Crippen molar-refractivity contribution in [3.63, 3.8) is 0 Å². The minimum absolute atomic E-state index is 0.124. The van der Waals surface area contributed by atoms with Gasteiger partial charge in [0.2, 0.25) is 0 Å². The van der Waals surface area contributed by atoms with Crippen molar-refractivity contribution in [1.82, 2.24) is 15.3 Å². The molecule has 0 aliphatic carbocycles. The molecule has 2 aliphatic heterocycles. The van der Waals surface area contributed by atoms with Crippen molar-refractivity contribution in [3.8, 4) is 0 Å². The molecule has 1 atom stereocenters. The zero-order chi connectivity index (χ0) is 15.6. The highest BCUT2D eigenvalue weighted by Gasteiger charge is 2.34. The number of alkyl carbamates (subject to hydrolysis) is 1. The Bertz CT molecular complexity index is 436. The lowest BCUT2D eigenvalue weighted by atomic mass is 10.2. The first kappa shape index (κ1) is 15.7. The quantitative estimate of drug-likeness (QED) is 0.755. The molecule has 1 saturated heterocycles. The van der Waals surface area contributed by atoms with Crippen molar-refractivity contribution >= 4 is 6.09 Å². The van der Waals surface area contributed by atoms with Crippen LogP contribution >= 0.6 is 0 Å². The third-order valence-electron chi connectivity index (χ3n) is 3.18. The summed E-state index contributed by atoms with van der Waals surface area (Å²) in [5.41, 5.74) is -0.552. The maximum atomic E-state index is 13.7. The van der Waals surface area contributed by atoms with E-state index in [1.807, 2.05) is 0 Å². The molecule has 0 radical (unpaired) electrons. The van der Waals surface area contributed by atoms with E-state index in [2.05, 4.69) is 5.32 Å². The van der Waals surface area contributed by atoms with Gasteiger partial charge in [-0.2, -0.15) is 5.12 Å². The molecule has 8 heteroatoms. The largest absolute Gasteiger partial charge is 0.469 e. The van der Waals surface area contributed by atoms with Crippen molar-refractivity contribution in [1.29, 1.82) is 0 Å². The molecule has 0 aromatic rings. The van der Waals surface area contributed by atoms with Gasteiger partial charge in [-0.15, -0.1) is 0 Å². The van der Waals surface area contributed by atoms with E-state index < -0.39 is 11.7 Å². The second kappa shape index (κ2) is 5.97. The first-order valence-corrected chi connectivity index (χ1v) is 6.95. The zero-order valence-corrected chi connectivity index (χ0v) is 12.6. The minimum atomic E-state index is -0.552.